The van der Waals surface area contributed by atoms with Crippen molar-refractivity contribution in [3.8, 4) is 5.69 Å². The summed E-state index contributed by atoms with van der Waals surface area (Å²) < 4.78 is 2.56. The largest absolute Gasteiger partial charge is 0.345 e. The van der Waals surface area contributed by atoms with Crippen LogP contribution in [0.3, 0.4) is 0 Å². The normalized spacial score (nSPS) is 12.1. The van der Waals surface area contributed by atoms with Crippen LogP contribution in [-0.4, -0.2) is 20.0 Å². The second kappa shape index (κ2) is 7.68. The molecule has 0 aliphatic carbocycles. The molecule has 0 radical (unpaired) electrons. The van der Waals surface area contributed by atoms with Crippen molar-refractivity contribution in [3.63, 3.8) is 0 Å². The van der Waals surface area contributed by atoms with Gasteiger partial charge in [0.25, 0.3) is 11.5 Å². The van der Waals surface area contributed by atoms with E-state index < -0.39 is 11.2 Å². The number of nitrogens with zero attached hydrogens (tertiary/aromatic N) is 2. The van der Waals surface area contributed by atoms with Crippen molar-refractivity contribution in [2.24, 2.45) is 7.05 Å². The highest BCUT2D eigenvalue weighted by molar-refractivity contribution is 6.30. The highest BCUT2D eigenvalue weighted by Gasteiger charge is 2.21. The number of carbonyl (C=O) groups excluding carboxylic acids is 1. The quantitative estimate of drug-likeness (QED) is 0.529. The molecule has 2 aromatic heterocycles. The highest BCUT2D eigenvalue weighted by Crippen LogP contribution is 2.18. The molecule has 0 saturated heterocycles. The van der Waals surface area contributed by atoms with Crippen LogP contribution in [-0.2, 0) is 7.05 Å². The molecule has 0 saturated carbocycles. The molecule has 4 rings (SSSR count). The van der Waals surface area contributed by atoms with Gasteiger partial charge in [-0.1, -0.05) is 41.9 Å². The Morgan fingerprint density at radius 1 is 1.07 bits per heavy atom. The van der Waals surface area contributed by atoms with Crippen LogP contribution in [0.4, 0.5) is 0 Å². The van der Waals surface area contributed by atoms with Crippen LogP contribution in [0.25, 0.3) is 16.7 Å². The topological polar surface area (TPSA) is 88.9 Å². The molecule has 8 heteroatoms. The van der Waals surface area contributed by atoms with E-state index in [-0.39, 0.29) is 28.5 Å². The zero-order valence-corrected chi connectivity index (χ0v) is 17.1. The predicted octanol–water partition coefficient (Wildman–Crippen LogP) is 3.16. The van der Waals surface area contributed by atoms with Crippen LogP contribution in [0, 0.1) is 0 Å². The van der Waals surface area contributed by atoms with E-state index in [2.05, 4.69) is 10.3 Å². The van der Waals surface area contributed by atoms with Crippen molar-refractivity contribution in [3.05, 3.63) is 97.8 Å². The van der Waals surface area contributed by atoms with E-state index in [0.29, 0.717) is 10.7 Å². The minimum atomic E-state index is -0.633. The van der Waals surface area contributed by atoms with Gasteiger partial charge >= 0.3 is 5.69 Å². The fraction of sp³-hybridized carbons (Fsp3) is 0.136. The van der Waals surface area contributed by atoms with E-state index in [1.165, 1.54) is 0 Å². The molecule has 7 nitrogen and oxygen atoms in total. The van der Waals surface area contributed by atoms with E-state index in [1.807, 2.05) is 37.3 Å². The molecule has 2 N–H and O–H groups in total. The maximum atomic E-state index is 13.1. The SMILES string of the molecule is CC(NC(=O)c1cn(C)c2c(=O)n(-c3ccc(Cl)cc3)c(=O)[nH]c12)c1ccccc1. The first-order chi connectivity index (χ1) is 14.4. The minimum Gasteiger partial charge on any atom is -0.345 e. The average Bonchev–Trinajstić information content (AvgIpc) is 3.06. The number of fused-ring (bicyclic) bond motifs is 1. The lowest BCUT2D eigenvalue weighted by atomic mass is 10.1. The number of aromatic amines is 1. The van der Waals surface area contributed by atoms with Crippen molar-refractivity contribution >= 4 is 28.5 Å². The van der Waals surface area contributed by atoms with Crippen molar-refractivity contribution < 1.29 is 4.79 Å². The number of hydrogen-bond donors (Lipinski definition) is 2. The molecule has 0 fully saturated rings. The third-order valence-electron chi connectivity index (χ3n) is 5.00. The molecule has 0 aliphatic heterocycles. The summed E-state index contributed by atoms with van der Waals surface area (Å²) >= 11 is 5.90. The second-order valence-electron chi connectivity index (χ2n) is 7.03. The summed E-state index contributed by atoms with van der Waals surface area (Å²) in [7, 11) is 1.66. The number of H-pyrrole nitrogens is 1. The van der Waals surface area contributed by atoms with Crippen molar-refractivity contribution in [2.75, 3.05) is 0 Å². The van der Waals surface area contributed by atoms with E-state index in [1.54, 1.807) is 42.1 Å². The number of nitrogens with one attached hydrogen (secondary N) is 2. The number of aromatic nitrogens is 3. The Balaban J connectivity index is 1.78. The van der Waals surface area contributed by atoms with Crippen LogP contribution in [0.5, 0.6) is 0 Å². The number of aryl methyl sites for hydroxylation is 1. The lowest BCUT2D eigenvalue weighted by Crippen LogP contribution is -2.34. The predicted molar refractivity (Wildman–Crippen MR) is 116 cm³/mol. The maximum absolute atomic E-state index is 13.1. The van der Waals surface area contributed by atoms with Crippen LogP contribution in [0.15, 0.2) is 70.4 Å². The monoisotopic (exact) mass is 422 g/mol. The second-order valence-corrected chi connectivity index (χ2v) is 7.47. The smallest absolute Gasteiger partial charge is 0.333 e. The van der Waals surface area contributed by atoms with Gasteiger partial charge in [-0.15, -0.1) is 0 Å². The fourth-order valence-electron chi connectivity index (χ4n) is 3.47. The van der Waals surface area contributed by atoms with Gasteiger partial charge in [-0.2, -0.15) is 0 Å². The first-order valence-electron chi connectivity index (χ1n) is 9.33. The van der Waals surface area contributed by atoms with Crippen molar-refractivity contribution in [1.29, 1.82) is 0 Å². The molecule has 1 unspecified atom stereocenters. The Bertz CT molecular complexity index is 1350. The summed E-state index contributed by atoms with van der Waals surface area (Å²) in [6.07, 6.45) is 1.54. The van der Waals surface area contributed by atoms with E-state index in [4.69, 9.17) is 11.6 Å². The van der Waals surface area contributed by atoms with Gasteiger partial charge in [0.15, 0.2) is 0 Å². The number of rotatable bonds is 4. The minimum absolute atomic E-state index is 0.204. The maximum Gasteiger partial charge on any atom is 0.333 e. The third-order valence-corrected chi connectivity index (χ3v) is 5.25. The molecule has 30 heavy (non-hydrogen) atoms. The first-order valence-corrected chi connectivity index (χ1v) is 9.70. The summed E-state index contributed by atoms with van der Waals surface area (Å²) in [5.74, 6) is -0.378. The lowest BCUT2D eigenvalue weighted by molar-refractivity contribution is 0.0941. The Labute approximate surface area is 176 Å². The summed E-state index contributed by atoms with van der Waals surface area (Å²) in [6.45, 7) is 1.87. The van der Waals surface area contributed by atoms with Crippen LogP contribution >= 0.6 is 11.6 Å². The molecule has 4 aromatic rings. The molecule has 152 valence electrons. The van der Waals surface area contributed by atoms with Gasteiger partial charge in [-0.3, -0.25) is 9.59 Å². The number of hydrogen-bond acceptors (Lipinski definition) is 3. The van der Waals surface area contributed by atoms with Crippen molar-refractivity contribution in [1.82, 2.24) is 19.4 Å². The molecular weight excluding hydrogens is 404 g/mol. The van der Waals surface area contributed by atoms with Gasteiger partial charge in [0.1, 0.15) is 5.52 Å². The highest BCUT2D eigenvalue weighted by atomic mass is 35.5. The van der Waals surface area contributed by atoms with Gasteiger partial charge < -0.3 is 14.9 Å². The van der Waals surface area contributed by atoms with E-state index in [0.717, 1.165) is 10.1 Å². The van der Waals surface area contributed by atoms with Gasteiger partial charge in [0.2, 0.25) is 0 Å². The molecule has 0 aliphatic rings. The third kappa shape index (κ3) is 3.44. The summed E-state index contributed by atoms with van der Waals surface area (Å²) in [5.41, 5.74) is 0.840. The summed E-state index contributed by atoms with van der Waals surface area (Å²) in [6, 6.07) is 15.7. The summed E-state index contributed by atoms with van der Waals surface area (Å²) in [4.78, 5) is 41.4. The van der Waals surface area contributed by atoms with Crippen LogP contribution < -0.4 is 16.6 Å². The van der Waals surface area contributed by atoms with E-state index in [9.17, 15) is 14.4 Å². The number of carbonyl (C=O) groups is 1. The Kier molecular flexibility index (Phi) is 5.05. The number of halogens is 1. The zero-order chi connectivity index (χ0) is 21.4. The number of amides is 1. The molecule has 1 amide bonds. The van der Waals surface area contributed by atoms with Gasteiger partial charge in [-0.25, -0.2) is 9.36 Å². The van der Waals surface area contributed by atoms with Crippen LogP contribution in [0.1, 0.15) is 28.9 Å². The molecule has 0 bridgehead atoms. The average molecular weight is 423 g/mol. The van der Waals surface area contributed by atoms with Crippen LogP contribution in [0.2, 0.25) is 5.02 Å². The van der Waals surface area contributed by atoms with E-state index >= 15 is 0 Å². The van der Waals surface area contributed by atoms with Gasteiger partial charge in [0.05, 0.1) is 22.8 Å². The molecular formula is C22H19ClN4O3. The molecule has 1 atom stereocenters. The standard InChI is InChI=1S/C22H19ClN4O3/c1-13(14-6-4-3-5-7-14)24-20(28)17-12-26(2)19-18(17)25-22(30)27(21(19)29)16-10-8-15(23)9-11-16/h3-13H,1-2H3,(H,24,28)(H,25,30). The molecule has 2 aromatic carbocycles. The van der Waals surface area contributed by atoms with Gasteiger partial charge in [-0.05, 0) is 36.8 Å². The Hall–Kier alpha value is -3.58. The lowest BCUT2D eigenvalue weighted by Gasteiger charge is -2.13. The Morgan fingerprint density at radius 2 is 1.73 bits per heavy atom. The number of benzene rings is 2. The van der Waals surface area contributed by atoms with Gasteiger partial charge in [0, 0.05) is 18.3 Å². The Morgan fingerprint density at radius 3 is 2.40 bits per heavy atom. The molecule has 0 spiro atoms. The summed E-state index contributed by atoms with van der Waals surface area (Å²) in [5, 5.41) is 3.41. The molecule has 2 heterocycles. The zero-order valence-electron chi connectivity index (χ0n) is 16.3. The van der Waals surface area contributed by atoms with Crippen molar-refractivity contribution in [2.45, 2.75) is 13.0 Å². The fourth-order valence-corrected chi connectivity index (χ4v) is 3.59. The first kappa shape index (κ1) is 19.7.